The van der Waals surface area contributed by atoms with Crippen LogP contribution in [0, 0.1) is 11.3 Å². The molecule has 0 bridgehead atoms. The molecule has 1 aliphatic rings. The van der Waals surface area contributed by atoms with Gasteiger partial charge in [-0.1, -0.05) is 12.1 Å². The molecule has 4 nitrogen and oxygen atoms in total. The summed E-state index contributed by atoms with van der Waals surface area (Å²) in [4.78, 5) is 6.37. The van der Waals surface area contributed by atoms with Crippen LogP contribution in [0.3, 0.4) is 0 Å². The number of aromatic hydroxyl groups is 1. The van der Waals surface area contributed by atoms with Gasteiger partial charge in [0.1, 0.15) is 11.3 Å². The zero-order valence-corrected chi connectivity index (χ0v) is 12.2. The predicted octanol–water partition coefficient (Wildman–Crippen LogP) is 2.82. The Balaban J connectivity index is 1.96. The number of nitrogens with zero attached hydrogens (tertiary/aromatic N) is 3. The third-order valence-corrected chi connectivity index (χ3v) is 4.10. The van der Waals surface area contributed by atoms with E-state index in [0.717, 1.165) is 36.8 Å². The Hall–Kier alpha value is -2.12. The second-order valence-electron chi connectivity index (χ2n) is 5.79. The summed E-state index contributed by atoms with van der Waals surface area (Å²) >= 11 is 0. The van der Waals surface area contributed by atoms with Gasteiger partial charge in [-0.15, -0.1) is 0 Å². The number of fused-ring (bicyclic) bond motifs is 1. The molecule has 0 amide bonds. The molecule has 0 atom stereocenters. The first kappa shape index (κ1) is 13.8. The van der Waals surface area contributed by atoms with Crippen molar-refractivity contribution in [2.45, 2.75) is 25.2 Å². The van der Waals surface area contributed by atoms with Crippen molar-refractivity contribution in [2.75, 3.05) is 20.1 Å². The van der Waals surface area contributed by atoms with E-state index in [1.807, 2.05) is 24.1 Å². The fourth-order valence-electron chi connectivity index (χ4n) is 2.75. The highest BCUT2D eigenvalue weighted by molar-refractivity contribution is 5.89. The summed E-state index contributed by atoms with van der Waals surface area (Å²) in [6.07, 6.45) is 4.89. The summed E-state index contributed by atoms with van der Waals surface area (Å²) in [6.45, 7) is 1.26. The highest BCUT2D eigenvalue weighted by Gasteiger charge is 2.28. The molecule has 1 aromatic carbocycles. The normalized spacial score (nSPS) is 14.5. The van der Waals surface area contributed by atoms with Crippen LogP contribution in [0.25, 0.3) is 10.9 Å². The first-order chi connectivity index (χ1) is 10.2. The molecule has 0 aliphatic heterocycles. The highest BCUT2D eigenvalue weighted by atomic mass is 16.3. The highest BCUT2D eigenvalue weighted by Crippen LogP contribution is 2.46. The van der Waals surface area contributed by atoms with Gasteiger partial charge >= 0.3 is 0 Å². The Morgan fingerprint density at radius 3 is 3.00 bits per heavy atom. The van der Waals surface area contributed by atoms with E-state index >= 15 is 0 Å². The fourth-order valence-corrected chi connectivity index (χ4v) is 2.75. The second-order valence-corrected chi connectivity index (χ2v) is 5.79. The van der Waals surface area contributed by atoms with E-state index in [9.17, 15) is 5.11 Å². The van der Waals surface area contributed by atoms with Crippen molar-refractivity contribution in [3.8, 4) is 11.8 Å². The van der Waals surface area contributed by atoms with Gasteiger partial charge in [-0.25, -0.2) is 0 Å². The minimum Gasteiger partial charge on any atom is -0.505 e. The van der Waals surface area contributed by atoms with E-state index in [1.54, 1.807) is 6.20 Å². The largest absolute Gasteiger partial charge is 0.505 e. The van der Waals surface area contributed by atoms with Crippen LogP contribution in [0.4, 0.5) is 0 Å². The monoisotopic (exact) mass is 281 g/mol. The van der Waals surface area contributed by atoms with Gasteiger partial charge in [0.15, 0.2) is 0 Å². The van der Waals surface area contributed by atoms with Crippen molar-refractivity contribution in [1.29, 1.82) is 5.26 Å². The van der Waals surface area contributed by atoms with E-state index < -0.39 is 0 Å². The van der Waals surface area contributed by atoms with Gasteiger partial charge < -0.3 is 5.11 Å². The fraction of sp³-hybridized carbons (Fsp3) is 0.412. The lowest BCUT2D eigenvalue weighted by atomic mass is 9.98. The van der Waals surface area contributed by atoms with Crippen LogP contribution in [-0.4, -0.2) is 35.1 Å². The first-order valence-corrected chi connectivity index (χ1v) is 7.35. The number of hydrogen-bond donors (Lipinski definition) is 1. The minimum absolute atomic E-state index is 0.349. The van der Waals surface area contributed by atoms with Crippen molar-refractivity contribution < 1.29 is 5.11 Å². The standard InChI is InChI=1S/C17H19N3O/c1-20(10-7-18)9-6-13-11-15(12-4-5-12)17(21)16-14(13)3-2-8-19-16/h2-3,8,11-12,21H,4-6,9-10H2,1H3. The third-order valence-electron chi connectivity index (χ3n) is 4.10. The molecule has 1 N–H and O–H groups in total. The third kappa shape index (κ3) is 2.84. The molecule has 108 valence electrons. The number of likely N-dealkylation sites (N-methyl/N-ethyl adjacent to an activating group) is 1. The van der Waals surface area contributed by atoms with E-state index in [4.69, 9.17) is 5.26 Å². The maximum absolute atomic E-state index is 10.4. The zero-order valence-electron chi connectivity index (χ0n) is 12.2. The van der Waals surface area contributed by atoms with Crippen molar-refractivity contribution in [1.82, 2.24) is 9.88 Å². The Morgan fingerprint density at radius 1 is 1.48 bits per heavy atom. The average Bonchev–Trinajstić information content (AvgIpc) is 3.32. The summed E-state index contributed by atoms with van der Waals surface area (Å²) in [5, 5.41) is 20.2. The van der Waals surface area contributed by atoms with Gasteiger partial charge in [0.05, 0.1) is 12.6 Å². The molecule has 1 heterocycles. The zero-order chi connectivity index (χ0) is 14.8. The number of aromatic nitrogens is 1. The van der Waals surface area contributed by atoms with Crippen LogP contribution >= 0.6 is 0 Å². The van der Waals surface area contributed by atoms with Crippen LogP contribution in [0.1, 0.15) is 29.9 Å². The lowest BCUT2D eigenvalue weighted by Gasteiger charge is -2.15. The minimum atomic E-state index is 0.349. The molecular weight excluding hydrogens is 262 g/mol. The molecule has 21 heavy (non-hydrogen) atoms. The van der Waals surface area contributed by atoms with E-state index in [2.05, 4.69) is 17.1 Å². The van der Waals surface area contributed by atoms with Crippen LogP contribution in [-0.2, 0) is 6.42 Å². The van der Waals surface area contributed by atoms with Gasteiger partial charge in [-0.05, 0) is 49.4 Å². The first-order valence-electron chi connectivity index (χ1n) is 7.35. The van der Waals surface area contributed by atoms with Crippen molar-refractivity contribution in [3.63, 3.8) is 0 Å². The molecule has 3 rings (SSSR count). The topological polar surface area (TPSA) is 60.2 Å². The molecule has 0 spiro atoms. The molecule has 0 unspecified atom stereocenters. The number of rotatable bonds is 5. The lowest BCUT2D eigenvalue weighted by molar-refractivity contribution is 0.379. The predicted molar refractivity (Wildman–Crippen MR) is 82.2 cm³/mol. The maximum atomic E-state index is 10.4. The number of phenols is 1. The van der Waals surface area contributed by atoms with E-state index in [-0.39, 0.29) is 0 Å². The van der Waals surface area contributed by atoms with Gasteiger partial charge in [0.25, 0.3) is 0 Å². The Labute approximate surface area is 124 Å². The van der Waals surface area contributed by atoms with Crippen LogP contribution in [0.5, 0.6) is 5.75 Å². The molecule has 0 radical (unpaired) electrons. The van der Waals surface area contributed by atoms with Crippen LogP contribution in [0.15, 0.2) is 24.4 Å². The SMILES string of the molecule is CN(CC#N)CCc1cc(C2CC2)c(O)c2ncccc12. The van der Waals surface area contributed by atoms with Crippen LogP contribution in [0.2, 0.25) is 0 Å². The molecule has 4 heteroatoms. The number of nitriles is 1. The molecule has 1 fully saturated rings. The number of benzene rings is 1. The van der Waals surface area contributed by atoms with Crippen molar-refractivity contribution in [2.24, 2.45) is 0 Å². The molecule has 1 saturated carbocycles. The molecular formula is C17H19N3O. The Morgan fingerprint density at radius 2 is 2.29 bits per heavy atom. The number of pyridine rings is 1. The number of hydrogen-bond acceptors (Lipinski definition) is 4. The molecule has 0 saturated heterocycles. The summed E-state index contributed by atoms with van der Waals surface area (Å²) in [5.41, 5.74) is 2.96. The van der Waals surface area contributed by atoms with Gasteiger partial charge in [0.2, 0.25) is 0 Å². The molecule has 1 aromatic heterocycles. The summed E-state index contributed by atoms with van der Waals surface area (Å²) in [5.74, 6) is 0.842. The van der Waals surface area contributed by atoms with Crippen LogP contribution < -0.4 is 0 Å². The van der Waals surface area contributed by atoms with Crippen molar-refractivity contribution >= 4 is 10.9 Å². The Bertz CT molecular complexity index is 701. The lowest BCUT2D eigenvalue weighted by Crippen LogP contribution is -2.21. The maximum Gasteiger partial charge on any atom is 0.145 e. The van der Waals surface area contributed by atoms with Gasteiger partial charge in [-0.2, -0.15) is 5.26 Å². The number of phenolic OH excluding ortho intramolecular Hbond substituents is 1. The van der Waals surface area contributed by atoms with E-state index in [0.29, 0.717) is 23.7 Å². The molecule has 2 aromatic rings. The summed E-state index contributed by atoms with van der Waals surface area (Å²) in [6, 6.07) is 8.22. The quantitative estimate of drug-likeness (QED) is 0.856. The Kier molecular flexibility index (Phi) is 3.76. The smallest absolute Gasteiger partial charge is 0.145 e. The van der Waals surface area contributed by atoms with E-state index in [1.165, 1.54) is 5.56 Å². The molecule has 1 aliphatic carbocycles. The van der Waals surface area contributed by atoms with Crippen molar-refractivity contribution in [3.05, 3.63) is 35.5 Å². The summed E-state index contributed by atoms with van der Waals surface area (Å²) in [7, 11) is 1.95. The summed E-state index contributed by atoms with van der Waals surface area (Å²) < 4.78 is 0. The van der Waals surface area contributed by atoms with Gasteiger partial charge in [0, 0.05) is 18.1 Å². The van der Waals surface area contributed by atoms with Gasteiger partial charge in [-0.3, -0.25) is 9.88 Å². The average molecular weight is 281 g/mol. The second kappa shape index (κ2) is 5.71.